The molecule has 2 fully saturated rings. The van der Waals surface area contributed by atoms with Crippen molar-refractivity contribution in [3.63, 3.8) is 0 Å². The van der Waals surface area contributed by atoms with Gasteiger partial charge in [-0.15, -0.1) is 0 Å². The van der Waals surface area contributed by atoms with Gasteiger partial charge < -0.3 is 14.9 Å². The number of hydrogen-bond donors (Lipinski definition) is 3. The molecule has 1 saturated carbocycles. The molecule has 1 spiro atoms. The second kappa shape index (κ2) is 4.37. The number of nitrogens with zero attached hydrogens (tertiary/aromatic N) is 1. The molecule has 4 atom stereocenters. The van der Waals surface area contributed by atoms with Crippen LogP contribution in [0.15, 0.2) is 21.9 Å². The molecule has 8 heteroatoms. The molecule has 0 radical (unpaired) electrons. The van der Waals surface area contributed by atoms with Gasteiger partial charge in [-0.05, 0) is 12.8 Å². The number of carbonyl (C=O) groups excluding carboxylic acids is 1. The molecule has 1 saturated heterocycles. The van der Waals surface area contributed by atoms with Crippen molar-refractivity contribution in [3.05, 3.63) is 33.1 Å². The minimum absolute atomic E-state index is 0.274. The van der Waals surface area contributed by atoms with Crippen molar-refractivity contribution in [2.45, 2.75) is 43.3 Å². The molecule has 3 rings (SSSR count). The summed E-state index contributed by atoms with van der Waals surface area (Å²) in [6, 6.07) is 1.10. The summed E-state index contributed by atoms with van der Waals surface area (Å²) < 4.78 is 6.51. The number of hydrogen-bond acceptors (Lipinski definition) is 6. The fourth-order valence-electron chi connectivity index (χ4n) is 2.94. The molecule has 1 aliphatic heterocycles. The molecule has 1 aromatic heterocycles. The van der Waals surface area contributed by atoms with E-state index in [-0.39, 0.29) is 12.2 Å². The van der Waals surface area contributed by atoms with E-state index in [1.165, 1.54) is 6.20 Å². The van der Waals surface area contributed by atoms with Gasteiger partial charge in [0.2, 0.25) is 0 Å². The Labute approximate surface area is 112 Å². The minimum atomic E-state index is -1.44. The molecular formula is C12H14N2O6. The van der Waals surface area contributed by atoms with Crippen LogP contribution in [-0.4, -0.2) is 43.4 Å². The fourth-order valence-corrected chi connectivity index (χ4v) is 2.94. The highest BCUT2D eigenvalue weighted by atomic mass is 16.6. The van der Waals surface area contributed by atoms with E-state index in [0.717, 1.165) is 10.6 Å². The number of aromatic nitrogens is 2. The normalized spacial score (nSPS) is 36.9. The van der Waals surface area contributed by atoms with Crippen molar-refractivity contribution in [1.29, 1.82) is 0 Å². The van der Waals surface area contributed by atoms with E-state index >= 15 is 0 Å². The van der Waals surface area contributed by atoms with Crippen molar-refractivity contribution in [1.82, 2.24) is 9.55 Å². The van der Waals surface area contributed by atoms with Crippen LogP contribution in [-0.2, 0) is 9.53 Å². The topological polar surface area (TPSA) is 122 Å². The zero-order valence-corrected chi connectivity index (χ0v) is 10.5. The van der Waals surface area contributed by atoms with Crippen LogP contribution in [0.4, 0.5) is 0 Å². The number of ketones is 1. The van der Waals surface area contributed by atoms with E-state index in [9.17, 15) is 24.6 Å². The molecule has 0 aromatic carbocycles. The first-order chi connectivity index (χ1) is 9.45. The maximum atomic E-state index is 11.9. The predicted octanol–water partition coefficient (Wildman–Crippen LogP) is -1.72. The van der Waals surface area contributed by atoms with Crippen LogP contribution in [0.3, 0.4) is 0 Å². The quantitative estimate of drug-likeness (QED) is 0.563. The van der Waals surface area contributed by atoms with E-state index in [1.54, 1.807) is 0 Å². The smallest absolute Gasteiger partial charge is 0.330 e. The van der Waals surface area contributed by atoms with Gasteiger partial charge in [0.25, 0.3) is 5.56 Å². The van der Waals surface area contributed by atoms with Crippen molar-refractivity contribution in [2.75, 3.05) is 0 Å². The maximum Gasteiger partial charge on any atom is 0.330 e. The molecular weight excluding hydrogens is 268 g/mol. The lowest BCUT2D eigenvalue weighted by Gasteiger charge is -2.24. The van der Waals surface area contributed by atoms with Crippen LogP contribution in [0.1, 0.15) is 25.5 Å². The van der Waals surface area contributed by atoms with E-state index in [2.05, 4.69) is 0 Å². The standard InChI is InChI=1S/C12H14N2O6/c15-6-2-1-4-12(6)9(18)8(17)10(20-12)14-5-3-7(16)13-11(14)19/h3,5,8-10,17-18H,1-2,4H2,(H,13,16,19)/t8-,9-,10-,12+/m1/s1. The third-order valence-corrected chi connectivity index (χ3v) is 3.97. The van der Waals surface area contributed by atoms with Crippen LogP contribution in [0.2, 0.25) is 0 Å². The lowest BCUT2D eigenvalue weighted by molar-refractivity contribution is -0.151. The van der Waals surface area contributed by atoms with Gasteiger partial charge in [-0.2, -0.15) is 0 Å². The average Bonchev–Trinajstić information content (AvgIpc) is 2.88. The third-order valence-electron chi connectivity index (χ3n) is 3.97. The van der Waals surface area contributed by atoms with Gasteiger partial charge in [-0.1, -0.05) is 0 Å². The summed E-state index contributed by atoms with van der Waals surface area (Å²) in [7, 11) is 0. The van der Waals surface area contributed by atoms with Gasteiger partial charge >= 0.3 is 5.69 Å². The Morgan fingerprint density at radius 1 is 1.35 bits per heavy atom. The summed E-state index contributed by atoms with van der Waals surface area (Å²) in [5, 5.41) is 20.2. The van der Waals surface area contributed by atoms with Crippen molar-refractivity contribution in [3.8, 4) is 0 Å². The van der Waals surface area contributed by atoms with Gasteiger partial charge in [-0.25, -0.2) is 4.79 Å². The summed E-state index contributed by atoms with van der Waals surface area (Å²) in [4.78, 5) is 36.7. The Hall–Kier alpha value is -1.77. The Kier molecular flexibility index (Phi) is 2.89. The number of H-pyrrole nitrogens is 1. The van der Waals surface area contributed by atoms with Gasteiger partial charge in [0.05, 0.1) is 0 Å². The molecule has 8 nitrogen and oxygen atoms in total. The number of aliphatic hydroxyl groups excluding tert-OH is 2. The van der Waals surface area contributed by atoms with Gasteiger partial charge in [0.1, 0.15) is 12.2 Å². The molecule has 0 unspecified atom stereocenters. The molecule has 1 aliphatic carbocycles. The molecule has 2 heterocycles. The Morgan fingerprint density at radius 3 is 2.70 bits per heavy atom. The molecule has 0 bridgehead atoms. The number of Topliss-reactive ketones (excluding diaryl/α,β-unsaturated/α-hetero) is 1. The van der Waals surface area contributed by atoms with E-state index in [1.807, 2.05) is 4.98 Å². The summed E-state index contributed by atoms with van der Waals surface area (Å²) >= 11 is 0. The van der Waals surface area contributed by atoms with Crippen LogP contribution >= 0.6 is 0 Å². The highest BCUT2D eigenvalue weighted by Gasteiger charge is 2.60. The van der Waals surface area contributed by atoms with E-state index in [0.29, 0.717) is 12.8 Å². The third kappa shape index (κ3) is 1.69. The summed E-state index contributed by atoms with van der Waals surface area (Å²) in [5.74, 6) is -0.274. The number of carbonyl (C=O) groups is 1. The minimum Gasteiger partial charge on any atom is -0.387 e. The first-order valence-electron chi connectivity index (χ1n) is 6.34. The Balaban J connectivity index is 2.02. The molecule has 3 N–H and O–H groups in total. The van der Waals surface area contributed by atoms with Gasteiger partial charge in [-0.3, -0.25) is 19.1 Å². The highest BCUT2D eigenvalue weighted by Crippen LogP contribution is 2.44. The lowest BCUT2D eigenvalue weighted by Crippen LogP contribution is -2.46. The molecule has 2 aliphatic rings. The summed E-state index contributed by atoms with van der Waals surface area (Å²) in [6.45, 7) is 0. The zero-order valence-electron chi connectivity index (χ0n) is 10.5. The molecule has 0 amide bonds. The zero-order chi connectivity index (χ0) is 14.5. The maximum absolute atomic E-state index is 11.9. The average molecular weight is 282 g/mol. The fraction of sp³-hybridized carbons (Fsp3) is 0.583. The first-order valence-corrected chi connectivity index (χ1v) is 6.34. The van der Waals surface area contributed by atoms with Crippen LogP contribution in [0, 0.1) is 0 Å². The SMILES string of the molecule is O=C1CCC[C@]12O[C@@H](n1ccc(=O)[nH]c1=O)[C@H](O)[C@H]2O. The number of rotatable bonds is 1. The van der Waals surface area contributed by atoms with Crippen LogP contribution in [0.25, 0.3) is 0 Å². The summed E-state index contributed by atoms with van der Waals surface area (Å²) in [6.07, 6.45) is -1.69. The lowest BCUT2D eigenvalue weighted by atomic mass is 9.93. The Morgan fingerprint density at radius 2 is 2.10 bits per heavy atom. The van der Waals surface area contributed by atoms with Crippen LogP contribution in [0.5, 0.6) is 0 Å². The second-order valence-corrected chi connectivity index (χ2v) is 5.13. The van der Waals surface area contributed by atoms with E-state index in [4.69, 9.17) is 4.74 Å². The number of aliphatic hydroxyl groups is 2. The van der Waals surface area contributed by atoms with Gasteiger partial charge in [0.15, 0.2) is 17.6 Å². The Bertz CT molecular complexity index is 664. The first kappa shape index (κ1) is 13.2. The highest BCUT2D eigenvalue weighted by molar-refractivity contribution is 5.90. The second-order valence-electron chi connectivity index (χ2n) is 5.13. The molecule has 1 aromatic rings. The molecule has 108 valence electrons. The molecule has 20 heavy (non-hydrogen) atoms. The largest absolute Gasteiger partial charge is 0.387 e. The van der Waals surface area contributed by atoms with Gasteiger partial charge in [0, 0.05) is 18.7 Å². The van der Waals surface area contributed by atoms with Crippen LogP contribution < -0.4 is 11.2 Å². The van der Waals surface area contributed by atoms with Crippen molar-refractivity contribution in [2.24, 2.45) is 0 Å². The predicted molar refractivity (Wildman–Crippen MR) is 65.0 cm³/mol. The number of nitrogens with one attached hydrogen (secondary N) is 1. The van der Waals surface area contributed by atoms with Crippen molar-refractivity contribution >= 4 is 5.78 Å². The number of aromatic amines is 1. The van der Waals surface area contributed by atoms with E-state index < -0.39 is 35.3 Å². The summed E-state index contributed by atoms with van der Waals surface area (Å²) in [5.41, 5.74) is -2.79. The van der Waals surface area contributed by atoms with Crippen molar-refractivity contribution < 1.29 is 19.7 Å². The monoisotopic (exact) mass is 282 g/mol. The number of ether oxygens (including phenoxy) is 1.